The molecule has 6 nitrogen and oxygen atoms in total. The average molecular weight is 424 g/mol. The number of aromatic nitrogens is 3. The molecule has 0 saturated carbocycles. The highest BCUT2D eigenvalue weighted by Gasteiger charge is 2.30. The van der Waals surface area contributed by atoms with Gasteiger partial charge in [-0.25, -0.2) is 4.68 Å². The number of halogens is 2. The van der Waals surface area contributed by atoms with Crippen LogP contribution in [0.3, 0.4) is 0 Å². The van der Waals surface area contributed by atoms with Gasteiger partial charge in [0.15, 0.2) is 5.69 Å². The van der Waals surface area contributed by atoms with E-state index >= 15 is 0 Å². The number of piperazine rings is 1. The van der Waals surface area contributed by atoms with Gasteiger partial charge in [-0.05, 0) is 29.1 Å². The molecule has 1 fully saturated rings. The van der Waals surface area contributed by atoms with Crippen molar-refractivity contribution in [1.29, 1.82) is 0 Å². The van der Waals surface area contributed by atoms with Gasteiger partial charge >= 0.3 is 0 Å². The maximum absolute atomic E-state index is 13.0. The van der Waals surface area contributed by atoms with Gasteiger partial charge in [0.1, 0.15) is 0 Å². The molecule has 1 aliphatic rings. The summed E-state index contributed by atoms with van der Waals surface area (Å²) in [7, 11) is 0. The van der Waals surface area contributed by atoms with Crippen LogP contribution in [0.4, 0.5) is 0 Å². The first-order chi connectivity index (χ1) is 12.7. The van der Waals surface area contributed by atoms with Crippen molar-refractivity contribution in [3.05, 3.63) is 69.1 Å². The van der Waals surface area contributed by atoms with Crippen LogP contribution in [0, 0.1) is 0 Å². The Labute approximate surface area is 172 Å². The van der Waals surface area contributed by atoms with E-state index in [1.807, 2.05) is 46.7 Å². The maximum Gasteiger partial charge on any atom is 0.276 e. The zero-order chi connectivity index (χ0) is 17.9. The molecule has 3 heterocycles. The van der Waals surface area contributed by atoms with Crippen LogP contribution in [0.25, 0.3) is 0 Å². The van der Waals surface area contributed by atoms with E-state index in [0.29, 0.717) is 30.4 Å². The molecule has 0 spiro atoms. The number of thiophene rings is 1. The monoisotopic (exact) mass is 423 g/mol. The molecule has 9 heteroatoms. The van der Waals surface area contributed by atoms with Crippen molar-refractivity contribution in [2.45, 2.75) is 12.6 Å². The molecule has 1 atom stereocenters. The second kappa shape index (κ2) is 8.84. The van der Waals surface area contributed by atoms with Gasteiger partial charge in [-0.2, -0.15) is 0 Å². The number of hydrogen-bond acceptors (Lipinski definition) is 5. The summed E-state index contributed by atoms with van der Waals surface area (Å²) in [5, 5.41) is 14.2. The van der Waals surface area contributed by atoms with Crippen LogP contribution in [-0.2, 0) is 6.54 Å². The van der Waals surface area contributed by atoms with Crippen LogP contribution in [0.1, 0.15) is 27.0 Å². The number of nitrogens with one attached hydrogen (secondary N) is 1. The van der Waals surface area contributed by atoms with Crippen molar-refractivity contribution in [2.75, 3.05) is 19.6 Å². The van der Waals surface area contributed by atoms with Gasteiger partial charge in [0.05, 0.1) is 18.8 Å². The summed E-state index contributed by atoms with van der Waals surface area (Å²) in [6, 6.07) is 11.6. The lowest BCUT2D eigenvalue weighted by molar-refractivity contribution is 0.0628. The third-order valence-electron chi connectivity index (χ3n) is 4.39. The Morgan fingerprint density at radius 3 is 3.00 bits per heavy atom. The van der Waals surface area contributed by atoms with Gasteiger partial charge < -0.3 is 10.2 Å². The number of carbonyl (C=O) groups is 1. The molecule has 1 unspecified atom stereocenters. The molecule has 1 N–H and O–H groups in total. The first-order valence-electron chi connectivity index (χ1n) is 8.40. The number of benzene rings is 1. The molecule has 2 aromatic heterocycles. The molecule has 4 rings (SSSR count). The molecule has 27 heavy (non-hydrogen) atoms. The van der Waals surface area contributed by atoms with E-state index in [1.165, 1.54) is 4.88 Å². The summed E-state index contributed by atoms with van der Waals surface area (Å²) in [6.07, 6.45) is 1.72. The summed E-state index contributed by atoms with van der Waals surface area (Å²) in [6.45, 7) is 2.69. The third kappa shape index (κ3) is 4.50. The Morgan fingerprint density at radius 2 is 2.22 bits per heavy atom. The van der Waals surface area contributed by atoms with Gasteiger partial charge in [0.2, 0.25) is 0 Å². The van der Waals surface area contributed by atoms with Crippen LogP contribution in [-0.4, -0.2) is 45.4 Å². The quantitative estimate of drug-likeness (QED) is 0.699. The highest BCUT2D eigenvalue weighted by Crippen LogP contribution is 2.26. The van der Waals surface area contributed by atoms with Crippen molar-refractivity contribution < 1.29 is 4.79 Å². The van der Waals surface area contributed by atoms with Crippen LogP contribution in [0.5, 0.6) is 0 Å². The predicted octanol–water partition coefficient (Wildman–Crippen LogP) is 3.25. The Balaban J connectivity index is 0.00000210. The minimum atomic E-state index is -0.103. The van der Waals surface area contributed by atoms with Crippen LogP contribution in [0.2, 0.25) is 5.02 Å². The van der Waals surface area contributed by atoms with Gasteiger partial charge in [-0.1, -0.05) is 35.0 Å². The zero-order valence-electron chi connectivity index (χ0n) is 14.4. The fourth-order valence-electron chi connectivity index (χ4n) is 3.14. The number of hydrogen-bond donors (Lipinski definition) is 1. The topological polar surface area (TPSA) is 63.1 Å². The molecule has 142 valence electrons. The van der Waals surface area contributed by atoms with E-state index in [2.05, 4.69) is 15.6 Å². The molecule has 0 radical (unpaired) electrons. The molecular formula is C18H19Cl2N5OS. The summed E-state index contributed by atoms with van der Waals surface area (Å²) in [4.78, 5) is 16.1. The van der Waals surface area contributed by atoms with Crippen molar-refractivity contribution in [1.82, 2.24) is 25.2 Å². The minimum absolute atomic E-state index is 0. The molecule has 0 bridgehead atoms. The molecular weight excluding hydrogens is 405 g/mol. The molecule has 1 aromatic carbocycles. The number of rotatable bonds is 4. The SMILES string of the molecule is Cl.O=C(c1cn(Cc2cccs2)nn1)N1CCNCC1c1cccc(Cl)c1. The number of amides is 1. The third-order valence-corrected chi connectivity index (χ3v) is 5.49. The molecule has 1 amide bonds. The Bertz CT molecular complexity index is 899. The summed E-state index contributed by atoms with van der Waals surface area (Å²) in [5.41, 5.74) is 1.39. The summed E-state index contributed by atoms with van der Waals surface area (Å²) < 4.78 is 1.70. The number of nitrogens with zero attached hydrogens (tertiary/aromatic N) is 4. The second-order valence-corrected chi connectivity index (χ2v) is 7.62. The van der Waals surface area contributed by atoms with E-state index in [4.69, 9.17) is 11.6 Å². The lowest BCUT2D eigenvalue weighted by Gasteiger charge is -2.36. The van der Waals surface area contributed by atoms with Crippen LogP contribution in [0.15, 0.2) is 48.0 Å². The lowest BCUT2D eigenvalue weighted by Crippen LogP contribution is -2.48. The van der Waals surface area contributed by atoms with Crippen molar-refractivity contribution in [3.63, 3.8) is 0 Å². The average Bonchev–Trinajstić information content (AvgIpc) is 3.34. The minimum Gasteiger partial charge on any atom is -0.328 e. The smallest absolute Gasteiger partial charge is 0.276 e. The van der Waals surface area contributed by atoms with E-state index in [0.717, 1.165) is 12.1 Å². The second-order valence-electron chi connectivity index (χ2n) is 6.15. The van der Waals surface area contributed by atoms with Crippen LogP contribution >= 0.6 is 35.3 Å². The predicted molar refractivity (Wildman–Crippen MR) is 109 cm³/mol. The Morgan fingerprint density at radius 1 is 1.33 bits per heavy atom. The highest BCUT2D eigenvalue weighted by molar-refractivity contribution is 7.09. The molecule has 1 aliphatic heterocycles. The standard InChI is InChI=1S/C18H18ClN5OS.ClH/c19-14-4-1-3-13(9-14)17-10-20-6-7-24(17)18(25)16-12-23(22-21-16)11-15-5-2-8-26-15;/h1-5,8-9,12,17,20H,6-7,10-11H2;1H. The van der Waals surface area contributed by atoms with Gasteiger partial charge in [-0.15, -0.1) is 28.8 Å². The highest BCUT2D eigenvalue weighted by atomic mass is 35.5. The van der Waals surface area contributed by atoms with Gasteiger partial charge in [0, 0.05) is 29.5 Å². The van der Waals surface area contributed by atoms with Crippen molar-refractivity contribution >= 4 is 41.3 Å². The van der Waals surface area contributed by atoms with Gasteiger partial charge in [-0.3, -0.25) is 4.79 Å². The van der Waals surface area contributed by atoms with Crippen molar-refractivity contribution in [3.8, 4) is 0 Å². The van der Waals surface area contributed by atoms with E-state index < -0.39 is 0 Å². The first-order valence-corrected chi connectivity index (χ1v) is 9.66. The summed E-state index contributed by atoms with van der Waals surface area (Å²) >= 11 is 7.79. The van der Waals surface area contributed by atoms with Gasteiger partial charge in [0.25, 0.3) is 5.91 Å². The van der Waals surface area contributed by atoms with Crippen molar-refractivity contribution in [2.24, 2.45) is 0 Å². The first kappa shape index (κ1) is 19.8. The zero-order valence-corrected chi connectivity index (χ0v) is 16.8. The van der Waals surface area contributed by atoms with Crippen LogP contribution < -0.4 is 5.32 Å². The molecule has 3 aromatic rings. The normalized spacial score (nSPS) is 16.8. The van der Waals surface area contributed by atoms with E-state index in [-0.39, 0.29) is 24.4 Å². The Kier molecular flexibility index (Phi) is 6.49. The maximum atomic E-state index is 13.0. The summed E-state index contributed by atoms with van der Waals surface area (Å²) in [5.74, 6) is -0.103. The fourth-order valence-corrected chi connectivity index (χ4v) is 4.04. The lowest BCUT2D eigenvalue weighted by atomic mass is 10.0. The Hall–Kier alpha value is -1.93. The number of carbonyl (C=O) groups excluding carboxylic acids is 1. The van der Waals surface area contributed by atoms with E-state index in [9.17, 15) is 4.79 Å². The molecule has 0 aliphatic carbocycles. The fraction of sp³-hybridized carbons (Fsp3) is 0.278. The largest absolute Gasteiger partial charge is 0.328 e. The van der Waals surface area contributed by atoms with E-state index in [1.54, 1.807) is 22.2 Å². The molecule has 1 saturated heterocycles.